The number of amides is 1. The molecule has 0 bridgehead atoms. The number of nitrogens with one attached hydrogen (secondary N) is 1. The van der Waals surface area contributed by atoms with Gasteiger partial charge in [-0.2, -0.15) is 0 Å². The number of hydrogen-bond acceptors (Lipinski definition) is 6. The molecule has 0 aliphatic carbocycles. The van der Waals surface area contributed by atoms with Crippen molar-refractivity contribution in [2.45, 2.75) is 34.1 Å². The van der Waals surface area contributed by atoms with E-state index in [0.717, 1.165) is 10.4 Å². The van der Waals surface area contributed by atoms with E-state index in [9.17, 15) is 14.4 Å². The van der Waals surface area contributed by atoms with E-state index in [1.54, 1.807) is 6.92 Å². The molecular formula is C14H19NO5S. The van der Waals surface area contributed by atoms with E-state index < -0.39 is 17.8 Å². The first kappa shape index (κ1) is 17.2. The fourth-order valence-electron chi connectivity index (χ4n) is 1.84. The second kappa shape index (κ2) is 7.78. The molecule has 21 heavy (non-hydrogen) atoms. The fourth-order valence-corrected chi connectivity index (χ4v) is 2.99. The Morgan fingerprint density at radius 2 is 1.86 bits per heavy atom. The summed E-state index contributed by atoms with van der Waals surface area (Å²) in [5.41, 5.74) is 1.25. The largest absolute Gasteiger partial charge is 0.462 e. The normalized spacial score (nSPS) is 10.1. The van der Waals surface area contributed by atoms with Crippen molar-refractivity contribution in [2.75, 3.05) is 18.5 Å². The summed E-state index contributed by atoms with van der Waals surface area (Å²) < 4.78 is 9.66. The molecule has 0 spiro atoms. The number of hydrogen-bond donors (Lipinski definition) is 1. The molecule has 0 aliphatic heterocycles. The van der Waals surface area contributed by atoms with E-state index in [1.807, 2.05) is 13.8 Å². The summed E-state index contributed by atoms with van der Waals surface area (Å²) in [5, 5.41) is 3.03. The number of ether oxygens (including phenoxy) is 2. The third-order valence-corrected chi connectivity index (χ3v) is 3.76. The Hall–Kier alpha value is -1.89. The maximum absolute atomic E-state index is 12.1. The van der Waals surface area contributed by atoms with Crippen LogP contribution in [0.25, 0.3) is 0 Å². The van der Waals surface area contributed by atoms with Crippen LogP contribution in [0, 0.1) is 6.92 Å². The Kier molecular flexibility index (Phi) is 6.36. The average Bonchev–Trinajstić information content (AvgIpc) is 2.72. The Labute approximate surface area is 127 Å². The van der Waals surface area contributed by atoms with Gasteiger partial charge in [-0.3, -0.25) is 9.59 Å². The predicted octanol–water partition coefficient (Wildman–Crippen LogP) is 2.30. The van der Waals surface area contributed by atoms with Crippen molar-refractivity contribution in [1.29, 1.82) is 0 Å². The molecule has 7 heteroatoms. The molecule has 1 rings (SSSR count). The van der Waals surface area contributed by atoms with Crippen LogP contribution in [0.1, 0.15) is 41.6 Å². The zero-order valence-corrected chi connectivity index (χ0v) is 13.4. The van der Waals surface area contributed by atoms with Crippen molar-refractivity contribution < 1.29 is 23.9 Å². The van der Waals surface area contributed by atoms with Crippen molar-refractivity contribution >= 4 is 34.2 Å². The third-order valence-electron chi connectivity index (χ3n) is 2.70. The highest BCUT2D eigenvalue weighted by atomic mass is 32.1. The molecule has 0 fully saturated rings. The molecule has 1 heterocycles. The van der Waals surface area contributed by atoms with Crippen LogP contribution in [-0.2, 0) is 25.5 Å². The van der Waals surface area contributed by atoms with E-state index in [0.29, 0.717) is 17.0 Å². The van der Waals surface area contributed by atoms with Crippen LogP contribution in [0.15, 0.2) is 0 Å². The van der Waals surface area contributed by atoms with Crippen LogP contribution in [0.5, 0.6) is 0 Å². The second-order valence-electron chi connectivity index (χ2n) is 4.24. The standard InChI is InChI=1S/C14H19NO5S/c1-5-10-8(3)21-13(12(10)14(18)19-6-2)15-11(17)7-20-9(4)16/h5-7H2,1-4H3,(H,15,17). The second-order valence-corrected chi connectivity index (χ2v) is 5.47. The van der Waals surface area contributed by atoms with Crippen LogP contribution in [0.3, 0.4) is 0 Å². The number of anilines is 1. The van der Waals surface area contributed by atoms with Gasteiger partial charge >= 0.3 is 11.9 Å². The summed E-state index contributed by atoms with van der Waals surface area (Å²) in [6, 6.07) is 0. The van der Waals surface area contributed by atoms with Gasteiger partial charge < -0.3 is 14.8 Å². The molecule has 0 aliphatic rings. The van der Waals surface area contributed by atoms with Gasteiger partial charge in [0.25, 0.3) is 5.91 Å². The molecular weight excluding hydrogens is 294 g/mol. The van der Waals surface area contributed by atoms with Crippen LogP contribution >= 0.6 is 11.3 Å². The summed E-state index contributed by atoms with van der Waals surface area (Å²) in [7, 11) is 0. The lowest BCUT2D eigenvalue weighted by Gasteiger charge is -2.08. The summed E-state index contributed by atoms with van der Waals surface area (Å²) in [6.45, 7) is 6.65. The zero-order valence-electron chi connectivity index (χ0n) is 12.6. The highest BCUT2D eigenvalue weighted by Crippen LogP contribution is 2.34. The third kappa shape index (κ3) is 4.56. The molecule has 0 radical (unpaired) electrons. The van der Waals surface area contributed by atoms with E-state index in [2.05, 4.69) is 10.1 Å². The van der Waals surface area contributed by atoms with Gasteiger partial charge in [0.1, 0.15) is 5.00 Å². The van der Waals surface area contributed by atoms with Crippen molar-refractivity contribution in [1.82, 2.24) is 0 Å². The van der Waals surface area contributed by atoms with Gasteiger partial charge in [0.15, 0.2) is 6.61 Å². The number of thiophene rings is 1. The Balaban J connectivity index is 2.98. The first-order chi connectivity index (χ1) is 9.90. The number of aryl methyl sites for hydroxylation is 1. The van der Waals surface area contributed by atoms with Crippen molar-refractivity contribution in [3.8, 4) is 0 Å². The highest BCUT2D eigenvalue weighted by molar-refractivity contribution is 7.16. The maximum Gasteiger partial charge on any atom is 0.341 e. The maximum atomic E-state index is 12.1. The SMILES string of the molecule is CCOC(=O)c1c(NC(=O)COC(C)=O)sc(C)c1CC. The monoisotopic (exact) mass is 313 g/mol. The Bertz CT molecular complexity index is 550. The van der Waals surface area contributed by atoms with Crippen molar-refractivity contribution in [3.05, 3.63) is 16.0 Å². The lowest BCUT2D eigenvalue weighted by Crippen LogP contribution is -2.21. The fraction of sp³-hybridized carbons (Fsp3) is 0.500. The summed E-state index contributed by atoms with van der Waals surface area (Å²) in [6.07, 6.45) is 0.663. The van der Waals surface area contributed by atoms with E-state index in [4.69, 9.17) is 4.74 Å². The summed E-state index contributed by atoms with van der Waals surface area (Å²) in [5.74, 6) is -1.48. The van der Waals surface area contributed by atoms with Gasteiger partial charge in [-0.05, 0) is 25.8 Å². The predicted molar refractivity (Wildman–Crippen MR) is 79.7 cm³/mol. The first-order valence-corrected chi connectivity index (χ1v) is 7.44. The molecule has 0 unspecified atom stereocenters. The molecule has 116 valence electrons. The zero-order chi connectivity index (χ0) is 16.0. The smallest absolute Gasteiger partial charge is 0.341 e. The molecule has 1 aromatic rings. The Morgan fingerprint density at radius 3 is 2.38 bits per heavy atom. The number of carbonyl (C=O) groups is 3. The van der Waals surface area contributed by atoms with Crippen molar-refractivity contribution in [3.63, 3.8) is 0 Å². The van der Waals surface area contributed by atoms with Gasteiger partial charge in [0.05, 0.1) is 12.2 Å². The number of carbonyl (C=O) groups excluding carboxylic acids is 3. The molecule has 0 atom stereocenters. The minimum absolute atomic E-state index is 0.262. The quantitative estimate of drug-likeness (QED) is 0.815. The molecule has 1 N–H and O–H groups in total. The van der Waals surface area contributed by atoms with Gasteiger partial charge in [0, 0.05) is 11.8 Å². The van der Waals surface area contributed by atoms with Crippen LogP contribution in [0.4, 0.5) is 5.00 Å². The lowest BCUT2D eigenvalue weighted by molar-refractivity contribution is -0.144. The summed E-state index contributed by atoms with van der Waals surface area (Å²) in [4.78, 5) is 35.4. The lowest BCUT2D eigenvalue weighted by atomic mass is 10.1. The van der Waals surface area contributed by atoms with Crippen LogP contribution in [0.2, 0.25) is 0 Å². The molecule has 0 aromatic carbocycles. The summed E-state index contributed by atoms with van der Waals surface area (Å²) >= 11 is 1.31. The molecule has 0 saturated heterocycles. The molecule has 6 nitrogen and oxygen atoms in total. The van der Waals surface area contributed by atoms with Gasteiger partial charge in [-0.1, -0.05) is 6.92 Å². The van der Waals surface area contributed by atoms with E-state index in [1.165, 1.54) is 18.3 Å². The van der Waals surface area contributed by atoms with Gasteiger partial charge in [-0.15, -0.1) is 11.3 Å². The highest BCUT2D eigenvalue weighted by Gasteiger charge is 2.23. The molecule has 0 saturated carbocycles. The minimum atomic E-state index is -0.535. The minimum Gasteiger partial charge on any atom is -0.462 e. The van der Waals surface area contributed by atoms with Crippen LogP contribution < -0.4 is 5.32 Å². The average molecular weight is 313 g/mol. The van der Waals surface area contributed by atoms with Crippen molar-refractivity contribution in [2.24, 2.45) is 0 Å². The topological polar surface area (TPSA) is 81.7 Å². The molecule has 1 aromatic heterocycles. The van der Waals surface area contributed by atoms with Crippen LogP contribution in [-0.4, -0.2) is 31.1 Å². The van der Waals surface area contributed by atoms with Gasteiger partial charge in [0.2, 0.25) is 0 Å². The van der Waals surface area contributed by atoms with E-state index >= 15 is 0 Å². The van der Waals surface area contributed by atoms with E-state index in [-0.39, 0.29) is 13.2 Å². The Morgan fingerprint density at radius 1 is 1.19 bits per heavy atom. The number of rotatable bonds is 6. The number of esters is 2. The molecule has 1 amide bonds. The first-order valence-electron chi connectivity index (χ1n) is 6.63. The van der Waals surface area contributed by atoms with Gasteiger partial charge in [-0.25, -0.2) is 4.79 Å².